The van der Waals surface area contributed by atoms with Crippen LogP contribution in [0.1, 0.15) is 140 Å². The molecule has 2 atom stereocenters. The van der Waals surface area contributed by atoms with E-state index in [1.54, 1.807) is 0 Å². The first-order valence-corrected chi connectivity index (χ1v) is 21.0. The maximum atomic E-state index is 14.0. The third kappa shape index (κ3) is 9.41. The number of carbonyl (C=O) groups is 1. The number of amides is 1. The number of carbonyl (C=O) groups excluding carboxylic acids is 1. The van der Waals surface area contributed by atoms with Gasteiger partial charge in [0.15, 0.2) is 0 Å². The number of anilines is 1. The second-order valence-corrected chi connectivity index (χ2v) is 18.8. The molecule has 0 saturated heterocycles. The van der Waals surface area contributed by atoms with Crippen molar-refractivity contribution >= 4 is 20.6 Å². The van der Waals surface area contributed by atoms with Crippen molar-refractivity contribution < 1.29 is 14.0 Å². The van der Waals surface area contributed by atoms with Gasteiger partial charge in [0.1, 0.15) is 11.5 Å². The Morgan fingerprint density at radius 2 is 1.52 bits per heavy atom. The van der Waals surface area contributed by atoms with Gasteiger partial charge >= 0.3 is 0 Å². The van der Waals surface area contributed by atoms with Crippen molar-refractivity contribution in [3.63, 3.8) is 0 Å². The summed E-state index contributed by atoms with van der Waals surface area (Å²) in [5, 5.41) is 3.40. The van der Waals surface area contributed by atoms with Crippen molar-refractivity contribution in [1.82, 2.24) is 0 Å². The van der Waals surface area contributed by atoms with E-state index in [-0.39, 0.29) is 28.8 Å². The number of nitrogens with one attached hydrogen (secondary N) is 1. The fourth-order valence-electron chi connectivity index (χ4n) is 7.96. The van der Waals surface area contributed by atoms with Crippen LogP contribution in [-0.4, -0.2) is 14.9 Å². The number of rotatable bonds is 12. The van der Waals surface area contributed by atoms with Gasteiger partial charge in [-0.3, -0.25) is 4.79 Å². The molecule has 2 aliphatic rings. The number of hydrogen-bond donors (Lipinski definition) is 1. The van der Waals surface area contributed by atoms with E-state index in [9.17, 15) is 4.79 Å². The summed E-state index contributed by atoms with van der Waals surface area (Å²) in [5.41, 5.74) is 5.40. The van der Waals surface area contributed by atoms with Gasteiger partial charge < -0.3 is 14.5 Å². The zero-order chi connectivity index (χ0) is 34.5. The van der Waals surface area contributed by atoms with Crippen LogP contribution in [0, 0.1) is 17.3 Å². The molecule has 0 aromatic heterocycles. The molecule has 1 amide bonds. The lowest BCUT2D eigenvalue weighted by Crippen LogP contribution is -2.26. The Kier molecular flexibility index (Phi) is 12.0. The number of fused-ring (bicyclic) bond motifs is 2. The van der Waals surface area contributed by atoms with Gasteiger partial charge in [-0.1, -0.05) is 135 Å². The minimum Gasteiger partial charge on any atom is -0.457 e. The first-order chi connectivity index (χ1) is 22.8. The summed E-state index contributed by atoms with van der Waals surface area (Å²) in [4.78, 5) is 14.0. The highest BCUT2D eigenvalue weighted by molar-refractivity contribution is 6.48. The van der Waals surface area contributed by atoms with Crippen LogP contribution in [0.4, 0.5) is 5.69 Å². The normalized spacial score (nSPS) is 16.9. The van der Waals surface area contributed by atoms with Crippen molar-refractivity contribution in [3.8, 4) is 11.5 Å². The summed E-state index contributed by atoms with van der Waals surface area (Å²) >= 11 is 0. The Labute approximate surface area is 293 Å². The van der Waals surface area contributed by atoms with E-state index in [0.29, 0.717) is 12.3 Å². The Morgan fingerprint density at radius 3 is 2.10 bits per heavy atom. The molecule has 5 heteroatoms. The van der Waals surface area contributed by atoms with E-state index in [1.165, 1.54) is 56.9 Å². The third-order valence-electron chi connectivity index (χ3n) is 10.7. The van der Waals surface area contributed by atoms with Crippen LogP contribution in [0.15, 0.2) is 66.7 Å². The molecule has 3 aromatic carbocycles. The molecule has 0 bridgehead atoms. The van der Waals surface area contributed by atoms with Crippen molar-refractivity contribution in [2.45, 2.75) is 136 Å². The summed E-state index contributed by atoms with van der Waals surface area (Å²) in [6, 6.07) is 22.9. The zero-order valence-electron chi connectivity index (χ0n) is 31.0. The largest absolute Gasteiger partial charge is 0.457 e. The van der Waals surface area contributed by atoms with Gasteiger partial charge in [-0.05, 0) is 77.9 Å². The smallest absolute Gasteiger partial charge is 0.225 e. The molecule has 5 rings (SSSR count). The standard InChI is InChI=1S/C43H60NO3Si/c1-42(2,3)32(20-16-19-30-17-10-9-11-18-30)28-40(47-48(7)8)31-25-26-36(43(4,5)6)37(27-31)44-41(45)29-35-33-21-12-14-23-38(33)46-39-24-15-13-22-34(35)39/h12-15,21-27,30,32,35,40H,9-11,16-20,28-29H2,1-8H3,(H,44,45). The number of ether oxygens (including phenoxy) is 1. The van der Waals surface area contributed by atoms with Gasteiger partial charge in [-0.2, -0.15) is 0 Å². The highest BCUT2D eigenvalue weighted by Gasteiger charge is 2.32. The Balaban J connectivity index is 1.38. The van der Waals surface area contributed by atoms with Gasteiger partial charge in [0.05, 0.1) is 6.10 Å². The molecular weight excluding hydrogens is 607 g/mol. The van der Waals surface area contributed by atoms with E-state index < -0.39 is 9.04 Å². The lowest BCUT2D eigenvalue weighted by atomic mass is 9.73. The molecule has 48 heavy (non-hydrogen) atoms. The fourth-order valence-corrected chi connectivity index (χ4v) is 8.76. The van der Waals surface area contributed by atoms with Gasteiger partial charge in [-0.15, -0.1) is 0 Å². The SMILES string of the molecule is C[Si](C)OC(CC(CCCC1CCCCC1)C(C)(C)C)c1ccc(C(C)(C)C)c(NC(=O)CC2c3ccccc3Oc3ccccc32)c1. The predicted octanol–water partition coefficient (Wildman–Crippen LogP) is 12.4. The highest BCUT2D eigenvalue weighted by atomic mass is 28.3. The van der Waals surface area contributed by atoms with E-state index >= 15 is 0 Å². The molecule has 259 valence electrons. The van der Waals surface area contributed by atoms with Gasteiger partial charge in [-0.25, -0.2) is 0 Å². The van der Waals surface area contributed by atoms with E-state index in [4.69, 9.17) is 9.16 Å². The van der Waals surface area contributed by atoms with Crippen LogP contribution >= 0.6 is 0 Å². The molecule has 4 nitrogen and oxygen atoms in total. The molecule has 1 aliphatic heterocycles. The van der Waals surface area contributed by atoms with Gasteiger partial charge in [0.25, 0.3) is 0 Å². The molecule has 1 radical (unpaired) electrons. The number of hydrogen-bond acceptors (Lipinski definition) is 3. The molecular formula is C43H60NO3Si. The summed E-state index contributed by atoms with van der Waals surface area (Å²) in [7, 11) is -0.955. The minimum atomic E-state index is -0.955. The average molecular weight is 667 g/mol. The molecule has 2 unspecified atom stereocenters. The number of benzene rings is 3. The van der Waals surface area contributed by atoms with E-state index in [1.807, 2.05) is 36.4 Å². The molecule has 3 aromatic rings. The van der Waals surface area contributed by atoms with Crippen molar-refractivity contribution in [2.24, 2.45) is 17.3 Å². The maximum Gasteiger partial charge on any atom is 0.225 e. The lowest BCUT2D eigenvalue weighted by molar-refractivity contribution is -0.116. The lowest BCUT2D eigenvalue weighted by Gasteiger charge is -2.35. The van der Waals surface area contributed by atoms with Crippen molar-refractivity contribution in [2.75, 3.05) is 5.32 Å². The first kappa shape index (κ1) is 36.4. The van der Waals surface area contributed by atoms with Crippen LogP contribution in [-0.2, 0) is 14.6 Å². The quantitative estimate of drug-likeness (QED) is 0.196. The van der Waals surface area contributed by atoms with Crippen molar-refractivity contribution in [1.29, 1.82) is 0 Å². The van der Waals surface area contributed by atoms with Crippen LogP contribution < -0.4 is 10.1 Å². The van der Waals surface area contributed by atoms with Gasteiger partial charge in [0, 0.05) is 29.2 Å². The highest BCUT2D eigenvalue weighted by Crippen LogP contribution is 2.46. The summed E-state index contributed by atoms with van der Waals surface area (Å²) < 4.78 is 13.0. The van der Waals surface area contributed by atoms with E-state index in [0.717, 1.165) is 46.2 Å². The molecule has 1 fully saturated rings. The molecule has 1 heterocycles. The van der Waals surface area contributed by atoms with E-state index in [2.05, 4.69) is 90.3 Å². The molecule has 1 aliphatic carbocycles. The summed E-state index contributed by atoms with van der Waals surface area (Å²) in [6.07, 6.45) is 12.4. The Bertz CT molecular complexity index is 1470. The predicted molar refractivity (Wildman–Crippen MR) is 202 cm³/mol. The van der Waals surface area contributed by atoms with Crippen LogP contribution in [0.5, 0.6) is 11.5 Å². The second-order valence-electron chi connectivity index (χ2n) is 16.8. The van der Waals surface area contributed by atoms with Crippen LogP contribution in [0.3, 0.4) is 0 Å². The maximum absolute atomic E-state index is 14.0. The second kappa shape index (κ2) is 15.8. The zero-order valence-corrected chi connectivity index (χ0v) is 32.0. The van der Waals surface area contributed by atoms with Crippen LogP contribution in [0.25, 0.3) is 0 Å². The molecule has 0 spiro atoms. The average Bonchev–Trinajstić information content (AvgIpc) is 3.03. The Morgan fingerprint density at radius 1 is 0.896 bits per heavy atom. The van der Waals surface area contributed by atoms with Crippen molar-refractivity contribution in [3.05, 3.63) is 89.0 Å². The minimum absolute atomic E-state index is 0.00621. The Hall–Kier alpha value is -2.89. The monoisotopic (exact) mass is 666 g/mol. The number of para-hydroxylation sites is 2. The summed E-state index contributed by atoms with van der Waals surface area (Å²) in [5.74, 6) is 3.08. The topological polar surface area (TPSA) is 47.6 Å². The molecule has 1 N–H and O–H groups in total. The van der Waals surface area contributed by atoms with Crippen LogP contribution in [0.2, 0.25) is 13.1 Å². The van der Waals surface area contributed by atoms with Gasteiger partial charge in [0.2, 0.25) is 14.9 Å². The first-order valence-electron chi connectivity index (χ1n) is 18.6. The fraction of sp³-hybridized carbons (Fsp3) is 0.558. The summed E-state index contributed by atoms with van der Waals surface area (Å²) in [6.45, 7) is 18.3. The molecule has 1 saturated carbocycles. The third-order valence-corrected chi connectivity index (χ3v) is 11.4.